The second-order valence-electron chi connectivity index (χ2n) is 7.03. The van der Waals surface area contributed by atoms with E-state index in [4.69, 9.17) is 6.42 Å². The molecule has 7 nitrogen and oxygen atoms in total. The highest BCUT2D eigenvalue weighted by Crippen LogP contribution is 2.30. The monoisotopic (exact) mass is 352 g/mol. The lowest BCUT2D eigenvalue weighted by Gasteiger charge is -2.39. The van der Waals surface area contributed by atoms with Gasteiger partial charge in [-0.05, 0) is 17.5 Å². The summed E-state index contributed by atoms with van der Waals surface area (Å²) in [5.41, 5.74) is 2.06. The van der Waals surface area contributed by atoms with E-state index < -0.39 is 11.9 Å². The van der Waals surface area contributed by atoms with Gasteiger partial charge >= 0.3 is 0 Å². The van der Waals surface area contributed by atoms with Gasteiger partial charge in [0.1, 0.15) is 11.6 Å². The van der Waals surface area contributed by atoms with Crippen molar-refractivity contribution in [3.05, 3.63) is 34.9 Å². The van der Waals surface area contributed by atoms with Gasteiger partial charge in [-0.2, -0.15) is 0 Å². The number of carbonyl (C=O) groups is 3. The van der Waals surface area contributed by atoms with Gasteiger partial charge < -0.3 is 10.2 Å². The lowest BCUT2D eigenvalue weighted by Crippen LogP contribution is -2.66. The van der Waals surface area contributed by atoms with Crippen LogP contribution in [-0.2, 0) is 22.7 Å². The van der Waals surface area contributed by atoms with Crippen LogP contribution in [0.15, 0.2) is 18.2 Å². The maximum absolute atomic E-state index is 13.0. The van der Waals surface area contributed by atoms with E-state index in [0.717, 1.165) is 11.1 Å². The van der Waals surface area contributed by atoms with E-state index in [1.807, 2.05) is 18.2 Å². The Labute approximate surface area is 151 Å². The van der Waals surface area contributed by atoms with Gasteiger partial charge in [0.15, 0.2) is 0 Å². The molecule has 3 N–H and O–H groups in total. The van der Waals surface area contributed by atoms with E-state index in [1.165, 1.54) is 0 Å². The number of hydrogen-bond donors (Lipinski definition) is 3. The number of terminal acetylenes is 1. The SMILES string of the molecule is C#CC1(NCc2cccc3c2C(=O)N(C2CCC(=O)NC2=O)C3)CNC1. The van der Waals surface area contributed by atoms with Crippen molar-refractivity contribution in [3.8, 4) is 12.3 Å². The van der Waals surface area contributed by atoms with Crippen LogP contribution in [0.3, 0.4) is 0 Å². The summed E-state index contributed by atoms with van der Waals surface area (Å²) in [7, 11) is 0. The highest BCUT2D eigenvalue weighted by atomic mass is 16.2. The molecule has 3 aliphatic heterocycles. The van der Waals surface area contributed by atoms with Crippen molar-refractivity contribution in [2.75, 3.05) is 13.1 Å². The molecule has 3 heterocycles. The summed E-state index contributed by atoms with van der Waals surface area (Å²) in [6.07, 6.45) is 6.24. The van der Waals surface area contributed by atoms with Crippen LogP contribution >= 0.6 is 0 Å². The minimum Gasteiger partial charge on any atom is -0.322 e. The lowest BCUT2D eigenvalue weighted by atomic mass is 9.92. The van der Waals surface area contributed by atoms with Crippen LogP contribution in [0.4, 0.5) is 0 Å². The van der Waals surface area contributed by atoms with Crippen LogP contribution in [0.25, 0.3) is 0 Å². The van der Waals surface area contributed by atoms with Crippen molar-refractivity contribution in [2.24, 2.45) is 0 Å². The Kier molecular flexibility index (Phi) is 4.02. The number of carbonyl (C=O) groups excluding carboxylic acids is 3. The molecule has 4 rings (SSSR count). The Morgan fingerprint density at radius 3 is 2.77 bits per heavy atom. The zero-order chi connectivity index (χ0) is 18.3. The molecular formula is C19H20N4O3. The van der Waals surface area contributed by atoms with Gasteiger partial charge in [0.2, 0.25) is 11.8 Å². The van der Waals surface area contributed by atoms with Crippen molar-refractivity contribution in [1.82, 2.24) is 20.9 Å². The number of nitrogens with one attached hydrogen (secondary N) is 3. The fourth-order valence-electron chi connectivity index (χ4n) is 3.75. The van der Waals surface area contributed by atoms with Crippen LogP contribution < -0.4 is 16.0 Å². The summed E-state index contributed by atoms with van der Waals surface area (Å²) < 4.78 is 0. The van der Waals surface area contributed by atoms with E-state index in [2.05, 4.69) is 21.9 Å². The predicted molar refractivity (Wildman–Crippen MR) is 93.8 cm³/mol. The average Bonchev–Trinajstić information content (AvgIpc) is 2.92. The van der Waals surface area contributed by atoms with Gasteiger partial charge in [-0.25, -0.2) is 0 Å². The normalized spacial score (nSPS) is 23.9. The first kappa shape index (κ1) is 16.8. The number of piperidine rings is 1. The third kappa shape index (κ3) is 2.68. The summed E-state index contributed by atoms with van der Waals surface area (Å²) >= 11 is 0. The van der Waals surface area contributed by atoms with Crippen molar-refractivity contribution in [1.29, 1.82) is 0 Å². The minimum absolute atomic E-state index is 0.159. The third-order valence-corrected chi connectivity index (χ3v) is 5.39. The molecule has 2 fully saturated rings. The molecule has 3 amide bonds. The standard InChI is InChI=1S/C19H20N4O3/c1-2-19(10-20-11-19)21-8-12-4-3-5-13-9-23(18(26)16(12)13)14-6-7-15(24)22-17(14)25/h1,3-5,14,20-21H,6-11H2,(H,22,24,25). The zero-order valence-electron chi connectivity index (χ0n) is 14.3. The molecule has 1 atom stereocenters. The summed E-state index contributed by atoms with van der Waals surface area (Å²) in [6, 6.07) is 5.14. The molecule has 0 bridgehead atoms. The second-order valence-corrected chi connectivity index (χ2v) is 7.03. The first-order chi connectivity index (χ1) is 12.5. The van der Waals surface area contributed by atoms with Gasteiger partial charge in [0.25, 0.3) is 5.91 Å². The molecule has 1 aromatic rings. The maximum Gasteiger partial charge on any atom is 0.255 e. The number of benzene rings is 1. The number of rotatable bonds is 4. The molecular weight excluding hydrogens is 332 g/mol. The molecule has 3 aliphatic rings. The van der Waals surface area contributed by atoms with Crippen LogP contribution in [0.2, 0.25) is 0 Å². The quantitative estimate of drug-likeness (QED) is 0.503. The Morgan fingerprint density at radius 2 is 2.12 bits per heavy atom. The summed E-state index contributed by atoms with van der Waals surface area (Å²) in [5, 5.41) is 8.84. The van der Waals surface area contributed by atoms with Crippen LogP contribution in [0.1, 0.15) is 34.3 Å². The number of amides is 3. The van der Waals surface area contributed by atoms with E-state index in [-0.39, 0.29) is 23.8 Å². The summed E-state index contributed by atoms with van der Waals surface area (Å²) in [5.74, 6) is 1.94. The Morgan fingerprint density at radius 1 is 1.31 bits per heavy atom. The fourth-order valence-corrected chi connectivity index (χ4v) is 3.75. The predicted octanol–water partition coefficient (Wildman–Crippen LogP) is -0.488. The molecule has 7 heteroatoms. The average molecular weight is 352 g/mol. The molecule has 0 radical (unpaired) electrons. The number of imide groups is 1. The van der Waals surface area contributed by atoms with Gasteiger partial charge in [-0.1, -0.05) is 24.1 Å². The molecule has 2 saturated heterocycles. The topological polar surface area (TPSA) is 90.5 Å². The second kappa shape index (κ2) is 6.24. The third-order valence-electron chi connectivity index (χ3n) is 5.39. The lowest BCUT2D eigenvalue weighted by molar-refractivity contribution is -0.136. The minimum atomic E-state index is -0.596. The first-order valence-electron chi connectivity index (χ1n) is 8.72. The highest BCUT2D eigenvalue weighted by molar-refractivity contribution is 6.05. The molecule has 1 aromatic carbocycles. The van der Waals surface area contributed by atoms with Gasteiger partial charge in [0, 0.05) is 38.2 Å². The van der Waals surface area contributed by atoms with Crippen molar-refractivity contribution in [3.63, 3.8) is 0 Å². The maximum atomic E-state index is 13.0. The summed E-state index contributed by atoms with van der Waals surface area (Å²) in [4.78, 5) is 38.1. The number of hydrogen-bond acceptors (Lipinski definition) is 5. The molecule has 0 saturated carbocycles. The summed E-state index contributed by atoms with van der Waals surface area (Å²) in [6.45, 7) is 2.28. The van der Waals surface area contributed by atoms with Crippen molar-refractivity contribution in [2.45, 2.75) is 37.5 Å². The molecule has 134 valence electrons. The fraction of sp³-hybridized carbons (Fsp3) is 0.421. The number of nitrogens with zero attached hydrogens (tertiary/aromatic N) is 1. The molecule has 0 aliphatic carbocycles. The van der Waals surface area contributed by atoms with E-state index in [9.17, 15) is 14.4 Å². The first-order valence-corrected chi connectivity index (χ1v) is 8.72. The van der Waals surface area contributed by atoms with Crippen LogP contribution in [-0.4, -0.2) is 47.3 Å². The van der Waals surface area contributed by atoms with Crippen LogP contribution in [0.5, 0.6) is 0 Å². The smallest absolute Gasteiger partial charge is 0.255 e. The Bertz CT molecular complexity index is 838. The van der Waals surface area contributed by atoms with Crippen LogP contribution in [0, 0.1) is 12.3 Å². The van der Waals surface area contributed by atoms with E-state index in [0.29, 0.717) is 38.2 Å². The Hall–Kier alpha value is -2.69. The van der Waals surface area contributed by atoms with Gasteiger partial charge in [-0.3, -0.25) is 25.0 Å². The van der Waals surface area contributed by atoms with Crippen molar-refractivity contribution < 1.29 is 14.4 Å². The molecule has 26 heavy (non-hydrogen) atoms. The van der Waals surface area contributed by atoms with Gasteiger partial charge in [0.05, 0.1) is 0 Å². The van der Waals surface area contributed by atoms with Crippen molar-refractivity contribution >= 4 is 17.7 Å². The molecule has 0 spiro atoms. The Balaban J connectivity index is 1.54. The van der Waals surface area contributed by atoms with E-state index in [1.54, 1.807) is 4.90 Å². The zero-order valence-corrected chi connectivity index (χ0v) is 14.3. The van der Waals surface area contributed by atoms with E-state index >= 15 is 0 Å². The highest BCUT2D eigenvalue weighted by Gasteiger charge is 2.40. The largest absolute Gasteiger partial charge is 0.322 e. The number of fused-ring (bicyclic) bond motifs is 1. The molecule has 0 aromatic heterocycles. The molecule has 1 unspecified atom stereocenters. The van der Waals surface area contributed by atoms with Gasteiger partial charge in [-0.15, -0.1) is 6.42 Å².